The predicted octanol–water partition coefficient (Wildman–Crippen LogP) is 2.04. The minimum Gasteiger partial charge on any atom is -0.366 e. The van der Waals surface area contributed by atoms with Crippen molar-refractivity contribution in [2.75, 3.05) is 5.32 Å². The largest absolute Gasteiger partial charge is 0.366 e. The number of rotatable bonds is 5. The number of nitrogens with one attached hydrogen (secondary N) is 1. The van der Waals surface area contributed by atoms with Crippen LogP contribution < -0.4 is 5.32 Å². The van der Waals surface area contributed by atoms with Gasteiger partial charge in [-0.05, 0) is 18.6 Å². The summed E-state index contributed by atoms with van der Waals surface area (Å²) in [5.74, 6) is 0.737. The molecular weight excluding hydrogens is 226 g/mol. The maximum absolute atomic E-state index is 8.84. The number of aromatic nitrogens is 3. The zero-order chi connectivity index (χ0) is 12.8. The Kier molecular flexibility index (Phi) is 3.92. The van der Waals surface area contributed by atoms with Crippen LogP contribution in [0.1, 0.15) is 18.9 Å². The zero-order valence-corrected chi connectivity index (χ0v) is 10.2. The Morgan fingerprint density at radius 3 is 3.06 bits per heavy atom. The highest BCUT2D eigenvalue weighted by atomic mass is 15.1. The van der Waals surface area contributed by atoms with E-state index in [9.17, 15) is 0 Å². The van der Waals surface area contributed by atoms with Crippen LogP contribution in [0, 0.1) is 11.3 Å². The first-order valence-corrected chi connectivity index (χ1v) is 5.90. The first kappa shape index (κ1) is 12.1. The third-order valence-corrected chi connectivity index (χ3v) is 2.72. The summed E-state index contributed by atoms with van der Waals surface area (Å²) in [4.78, 5) is 8.24. The third kappa shape index (κ3) is 3.08. The smallest absolute Gasteiger partial charge is 0.127 e. The van der Waals surface area contributed by atoms with Crippen molar-refractivity contribution in [1.82, 2.24) is 14.5 Å². The summed E-state index contributed by atoms with van der Waals surface area (Å²) in [7, 11) is 0. The number of imidazole rings is 1. The van der Waals surface area contributed by atoms with Gasteiger partial charge in [0.15, 0.2) is 0 Å². The molecule has 0 bridgehead atoms. The van der Waals surface area contributed by atoms with E-state index in [4.69, 9.17) is 5.26 Å². The SMILES string of the molecule is CCC(Cn1ccnc1)Nc1cc(C#N)ccn1. The third-order valence-electron chi connectivity index (χ3n) is 2.72. The van der Waals surface area contributed by atoms with Crippen LogP contribution in [0.25, 0.3) is 0 Å². The minimum absolute atomic E-state index is 0.264. The monoisotopic (exact) mass is 241 g/mol. The molecule has 92 valence electrons. The van der Waals surface area contributed by atoms with Gasteiger partial charge in [0.25, 0.3) is 0 Å². The van der Waals surface area contributed by atoms with Gasteiger partial charge in [-0.2, -0.15) is 5.26 Å². The summed E-state index contributed by atoms with van der Waals surface area (Å²) in [6.07, 6.45) is 8.11. The van der Waals surface area contributed by atoms with Gasteiger partial charge in [-0.15, -0.1) is 0 Å². The molecule has 1 N–H and O–H groups in total. The normalized spacial score (nSPS) is 11.8. The number of nitrogens with zero attached hydrogens (tertiary/aromatic N) is 4. The molecule has 0 aromatic carbocycles. The maximum atomic E-state index is 8.84. The van der Waals surface area contributed by atoms with Crippen LogP contribution in [0.4, 0.5) is 5.82 Å². The molecule has 0 saturated carbocycles. The molecule has 0 fully saturated rings. The van der Waals surface area contributed by atoms with Crippen LogP contribution in [0.5, 0.6) is 0 Å². The highest BCUT2D eigenvalue weighted by Crippen LogP contribution is 2.10. The molecular formula is C13H15N5. The van der Waals surface area contributed by atoms with Crippen molar-refractivity contribution in [2.45, 2.75) is 25.9 Å². The van der Waals surface area contributed by atoms with Crippen LogP contribution in [0.15, 0.2) is 37.1 Å². The Bertz CT molecular complexity index is 527. The fourth-order valence-electron chi connectivity index (χ4n) is 1.71. The second-order valence-corrected chi connectivity index (χ2v) is 4.05. The van der Waals surface area contributed by atoms with E-state index in [1.54, 1.807) is 30.9 Å². The van der Waals surface area contributed by atoms with Crippen LogP contribution in [0.2, 0.25) is 0 Å². The molecule has 2 aromatic rings. The van der Waals surface area contributed by atoms with Crippen LogP contribution >= 0.6 is 0 Å². The molecule has 5 heteroatoms. The fraction of sp³-hybridized carbons (Fsp3) is 0.308. The van der Waals surface area contributed by atoms with Gasteiger partial charge in [0.2, 0.25) is 0 Å². The van der Waals surface area contributed by atoms with E-state index in [-0.39, 0.29) is 6.04 Å². The molecule has 2 heterocycles. The molecule has 2 aromatic heterocycles. The number of hydrogen-bond donors (Lipinski definition) is 1. The van der Waals surface area contributed by atoms with Crippen molar-refractivity contribution >= 4 is 5.82 Å². The summed E-state index contributed by atoms with van der Waals surface area (Å²) < 4.78 is 2.02. The van der Waals surface area contributed by atoms with E-state index >= 15 is 0 Å². The maximum Gasteiger partial charge on any atom is 0.127 e. The molecule has 0 aliphatic rings. The number of pyridine rings is 1. The average Bonchev–Trinajstić information content (AvgIpc) is 2.91. The van der Waals surface area contributed by atoms with E-state index < -0.39 is 0 Å². The lowest BCUT2D eigenvalue weighted by Crippen LogP contribution is -2.24. The Labute approximate surface area is 106 Å². The van der Waals surface area contributed by atoms with Gasteiger partial charge in [0, 0.05) is 31.2 Å². The van der Waals surface area contributed by atoms with Crippen molar-refractivity contribution in [1.29, 1.82) is 5.26 Å². The first-order valence-electron chi connectivity index (χ1n) is 5.90. The van der Waals surface area contributed by atoms with Crippen molar-refractivity contribution in [2.24, 2.45) is 0 Å². The zero-order valence-electron chi connectivity index (χ0n) is 10.2. The van der Waals surface area contributed by atoms with Gasteiger partial charge < -0.3 is 9.88 Å². The van der Waals surface area contributed by atoms with Gasteiger partial charge in [-0.3, -0.25) is 0 Å². The average molecular weight is 241 g/mol. The van der Waals surface area contributed by atoms with E-state index in [1.165, 1.54) is 0 Å². The van der Waals surface area contributed by atoms with Crippen molar-refractivity contribution in [3.8, 4) is 6.07 Å². The molecule has 2 rings (SSSR count). The van der Waals surface area contributed by atoms with E-state index in [0.717, 1.165) is 18.8 Å². The van der Waals surface area contributed by atoms with Gasteiger partial charge >= 0.3 is 0 Å². The molecule has 0 aliphatic carbocycles. The van der Waals surface area contributed by atoms with Crippen LogP contribution in [-0.2, 0) is 6.54 Å². The molecule has 0 saturated heterocycles. The number of hydrogen-bond acceptors (Lipinski definition) is 4. The number of anilines is 1. The van der Waals surface area contributed by atoms with Gasteiger partial charge in [0.1, 0.15) is 5.82 Å². The van der Waals surface area contributed by atoms with E-state index in [0.29, 0.717) is 5.56 Å². The summed E-state index contributed by atoms with van der Waals surface area (Å²) in [5, 5.41) is 12.2. The Hall–Kier alpha value is -2.35. The lowest BCUT2D eigenvalue weighted by molar-refractivity contribution is 0.567. The second-order valence-electron chi connectivity index (χ2n) is 4.05. The topological polar surface area (TPSA) is 66.5 Å². The Morgan fingerprint density at radius 2 is 2.39 bits per heavy atom. The molecule has 0 spiro atoms. The molecule has 18 heavy (non-hydrogen) atoms. The minimum atomic E-state index is 0.264. The highest BCUT2D eigenvalue weighted by Gasteiger charge is 2.07. The lowest BCUT2D eigenvalue weighted by Gasteiger charge is -2.18. The summed E-state index contributed by atoms with van der Waals surface area (Å²) >= 11 is 0. The Morgan fingerprint density at radius 1 is 1.50 bits per heavy atom. The van der Waals surface area contributed by atoms with Crippen molar-refractivity contribution < 1.29 is 0 Å². The fourth-order valence-corrected chi connectivity index (χ4v) is 1.71. The quantitative estimate of drug-likeness (QED) is 0.869. The molecule has 1 unspecified atom stereocenters. The molecule has 0 amide bonds. The standard InChI is InChI=1S/C13H15N5/c1-2-12(9-18-6-5-15-10-18)17-13-7-11(8-14)3-4-16-13/h3-7,10,12H,2,9H2,1H3,(H,16,17). The number of nitriles is 1. The van der Waals surface area contributed by atoms with E-state index in [2.05, 4.69) is 28.3 Å². The molecule has 0 aliphatic heterocycles. The summed E-state index contributed by atoms with van der Waals surface area (Å²) in [5.41, 5.74) is 0.616. The summed E-state index contributed by atoms with van der Waals surface area (Å²) in [6, 6.07) is 5.83. The predicted molar refractivity (Wildman–Crippen MR) is 68.9 cm³/mol. The first-order chi connectivity index (χ1) is 8.81. The molecule has 1 atom stereocenters. The molecule has 0 radical (unpaired) electrons. The van der Waals surface area contributed by atoms with Crippen LogP contribution in [-0.4, -0.2) is 20.6 Å². The second kappa shape index (κ2) is 5.82. The van der Waals surface area contributed by atoms with Crippen molar-refractivity contribution in [3.63, 3.8) is 0 Å². The summed E-state index contributed by atoms with van der Waals surface area (Å²) in [6.45, 7) is 2.94. The van der Waals surface area contributed by atoms with Gasteiger partial charge in [0.05, 0.1) is 18.0 Å². The van der Waals surface area contributed by atoms with E-state index in [1.807, 2.05) is 10.8 Å². The van der Waals surface area contributed by atoms with Gasteiger partial charge in [-0.25, -0.2) is 9.97 Å². The van der Waals surface area contributed by atoms with Crippen molar-refractivity contribution in [3.05, 3.63) is 42.6 Å². The lowest BCUT2D eigenvalue weighted by atomic mass is 10.2. The Balaban J connectivity index is 2.03. The molecule has 5 nitrogen and oxygen atoms in total. The van der Waals surface area contributed by atoms with Gasteiger partial charge in [-0.1, -0.05) is 6.92 Å². The highest BCUT2D eigenvalue weighted by molar-refractivity contribution is 5.42. The van der Waals surface area contributed by atoms with Crippen LogP contribution in [0.3, 0.4) is 0 Å².